The number of carboxylic acid groups (broad SMARTS) is 1. The van der Waals surface area contributed by atoms with Crippen molar-refractivity contribution in [1.82, 2.24) is 0 Å². The summed E-state index contributed by atoms with van der Waals surface area (Å²) in [5.74, 6) is 6.81. The number of thioether (sulfide) groups is 1. The summed E-state index contributed by atoms with van der Waals surface area (Å²) in [5.41, 5.74) is 13.2. The Balaban J connectivity index is 0.000000165. The van der Waals surface area contributed by atoms with E-state index in [0.29, 0.717) is 42.7 Å². The van der Waals surface area contributed by atoms with Crippen LogP contribution >= 0.6 is 11.8 Å². The fraction of sp³-hybridized carbons (Fsp3) is 0.544. The zero-order chi connectivity index (χ0) is 59.3. The number of carboxylic acids is 1. The maximum Gasteiger partial charge on any atom is 0.306 e. The van der Waals surface area contributed by atoms with Gasteiger partial charge in [0.15, 0.2) is 9.84 Å². The Labute approximate surface area is 501 Å². The molecule has 0 atom stereocenters. The second kappa shape index (κ2) is 32.9. The lowest BCUT2D eigenvalue weighted by molar-refractivity contribution is -0.142. The van der Waals surface area contributed by atoms with Gasteiger partial charge < -0.3 is 34.7 Å². The van der Waals surface area contributed by atoms with Crippen molar-refractivity contribution in [2.24, 2.45) is 5.92 Å². The monoisotopic (exact) mass is 1180 g/mol. The molecule has 0 unspecified atom stereocenters. The van der Waals surface area contributed by atoms with Crippen LogP contribution in [-0.2, 0) is 25.4 Å². The number of nitrogens with zero attached hydrogens (tertiary/aromatic N) is 5. The molecule has 0 aliphatic carbocycles. The highest BCUT2D eigenvalue weighted by molar-refractivity contribution is 7.99. The van der Waals surface area contributed by atoms with E-state index < -0.39 is 26.6 Å². The van der Waals surface area contributed by atoms with Gasteiger partial charge in [0.2, 0.25) is 0 Å². The van der Waals surface area contributed by atoms with Crippen LogP contribution in [0.5, 0.6) is 0 Å². The standard InChI is InChI=1S/C15H21NO2.C14H21NO.C13H19NO2S.C13H19NOS.C13H19NS/c1-11(2)12-3-5-14(6-4-12)16-9-7-13(8-10-16)15(17)18;1-11(2)12-3-5-13(6-4-12)15-9-7-14(16)8-10-15;1-11(2)12-3-5-13(6-4-12)14-7-9-17(15,16)10-8-14;1-11(2)12-3-5-13(6-4-12)14-7-9-16(15)10-8-14;1-11(2)12-3-5-13(6-4-12)14-7-9-15-10-8-14/h3-6,11,13H,7-10H2,1-2H3,(H,17,18);3-6,11,14,16H,7-10H2,1-2H3;3-6,11H,7-10H2,1-2H3;3-6,11H,7-10H2,1-2H3;3-6,11H,7-10H2,1-2H3. The molecule has 5 aliphatic heterocycles. The number of aliphatic hydroxyl groups is 1. The maximum absolute atomic E-state index is 11.3. The topological polar surface area (TPSA) is 125 Å². The molecule has 5 saturated heterocycles. The van der Waals surface area contributed by atoms with Crippen molar-refractivity contribution in [1.29, 1.82) is 0 Å². The van der Waals surface area contributed by atoms with Gasteiger partial charge in [-0.2, -0.15) is 11.8 Å². The molecule has 0 amide bonds. The number of hydrogen-bond donors (Lipinski definition) is 2. The molecule has 2 N–H and O–H groups in total. The summed E-state index contributed by atoms with van der Waals surface area (Å²) >= 11 is 2.06. The molecule has 0 bridgehead atoms. The molecule has 5 aliphatic rings. The van der Waals surface area contributed by atoms with E-state index in [4.69, 9.17) is 5.11 Å². The van der Waals surface area contributed by atoms with Crippen molar-refractivity contribution in [3.05, 3.63) is 149 Å². The third kappa shape index (κ3) is 21.2. The van der Waals surface area contributed by atoms with Gasteiger partial charge in [0.25, 0.3) is 0 Å². The highest BCUT2D eigenvalue weighted by Gasteiger charge is 2.25. The molecule has 82 heavy (non-hydrogen) atoms. The quantitative estimate of drug-likeness (QED) is 0.131. The first-order valence-corrected chi connectivity index (χ1v) is 34.9. The smallest absolute Gasteiger partial charge is 0.306 e. The van der Waals surface area contributed by atoms with Crippen molar-refractivity contribution in [3.63, 3.8) is 0 Å². The average molecular weight is 1180 g/mol. The van der Waals surface area contributed by atoms with E-state index in [1.54, 1.807) is 0 Å². The Kier molecular flexibility index (Phi) is 26.5. The summed E-state index contributed by atoms with van der Waals surface area (Å²) in [7, 11) is -3.37. The fourth-order valence-corrected chi connectivity index (χ4v) is 13.7. The highest BCUT2D eigenvalue weighted by atomic mass is 32.2. The lowest BCUT2D eigenvalue weighted by atomic mass is 9.96. The van der Waals surface area contributed by atoms with E-state index in [1.807, 2.05) is 0 Å². The van der Waals surface area contributed by atoms with Crippen LogP contribution in [0, 0.1) is 5.92 Å². The molecule has 5 aromatic rings. The van der Waals surface area contributed by atoms with Gasteiger partial charge in [-0.15, -0.1) is 0 Å². The summed E-state index contributed by atoms with van der Waals surface area (Å²) in [6.07, 6.45) is 3.20. The Hall–Kier alpha value is -5.02. The second-order valence-electron chi connectivity index (χ2n) is 24.1. The zero-order valence-electron chi connectivity index (χ0n) is 51.2. The van der Waals surface area contributed by atoms with Gasteiger partial charge in [-0.25, -0.2) is 8.42 Å². The van der Waals surface area contributed by atoms with Crippen LogP contribution in [0.2, 0.25) is 0 Å². The summed E-state index contributed by atoms with van der Waals surface area (Å²) in [4.78, 5) is 22.5. The largest absolute Gasteiger partial charge is 0.481 e. The third-order valence-corrected chi connectivity index (χ3v) is 20.3. The number of aliphatic carboxylic acids is 1. The predicted octanol–water partition coefficient (Wildman–Crippen LogP) is 13.7. The summed E-state index contributed by atoms with van der Waals surface area (Å²) in [5, 5.41) is 18.4. The number of benzene rings is 5. The molecule has 0 radical (unpaired) electrons. The Morgan fingerprint density at radius 2 is 0.683 bits per heavy atom. The van der Waals surface area contributed by atoms with E-state index in [9.17, 15) is 22.5 Å². The first-order chi connectivity index (χ1) is 39.2. The van der Waals surface area contributed by atoms with Crippen molar-refractivity contribution in [2.45, 2.75) is 131 Å². The van der Waals surface area contributed by atoms with Crippen LogP contribution in [-0.4, -0.2) is 135 Å². The van der Waals surface area contributed by atoms with Gasteiger partial charge in [-0.3, -0.25) is 9.00 Å². The van der Waals surface area contributed by atoms with Gasteiger partial charge >= 0.3 is 5.97 Å². The molecule has 10 rings (SSSR count). The Morgan fingerprint density at radius 1 is 0.427 bits per heavy atom. The second-order valence-corrected chi connectivity index (χ2v) is 29.3. The van der Waals surface area contributed by atoms with Gasteiger partial charge in [-0.05, 0) is 144 Å². The lowest BCUT2D eigenvalue weighted by Crippen LogP contribution is -2.40. The SMILES string of the molecule is CC(C)c1ccc(N2CCC(C(=O)O)CC2)cc1.CC(C)c1ccc(N2CCC(O)CC2)cc1.CC(C)c1ccc(N2CCS(=O)(=O)CC2)cc1.CC(C)c1ccc(N2CCS(=O)CC2)cc1.CC(C)c1ccc(N2CCSCC2)cc1. The van der Waals surface area contributed by atoms with Crippen LogP contribution < -0.4 is 24.5 Å². The van der Waals surface area contributed by atoms with E-state index >= 15 is 0 Å². The van der Waals surface area contributed by atoms with Crippen molar-refractivity contribution in [3.8, 4) is 0 Å². The first kappa shape index (κ1) is 66.1. The molecule has 0 aromatic heterocycles. The van der Waals surface area contributed by atoms with E-state index in [0.717, 1.165) is 82.1 Å². The van der Waals surface area contributed by atoms with Crippen LogP contribution in [0.3, 0.4) is 0 Å². The molecular weight excluding hydrogens is 1080 g/mol. The van der Waals surface area contributed by atoms with Crippen molar-refractivity contribution in [2.75, 3.05) is 124 Å². The molecule has 11 nitrogen and oxygen atoms in total. The summed E-state index contributed by atoms with van der Waals surface area (Å²) in [6, 6.07) is 43.7. The van der Waals surface area contributed by atoms with Crippen LogP contribution in [0.15, 0.2) is 121 Å². The van der Waals surface area contributed by atoms with Gasteiger partial charge in [0.05, 0.1) is 23.5 Å². The number of hydrogen-bond acceptors (Lipinski definition) is 11. The molecular formula is C68H99N5O6S3. The number of rotatable bonds is 11. The van der Waals surface area contributed by atoms with E-state index in [1.165, 1.54) is 75.2 Å². The third-order valence-electron chi connectivity index (χ3n) is 16.5. The van der Waals surface area contributed by atoms with Gasteiger partial charge in [-0.1, -0.05) is 130 Å². The molecule has 5 aromatic carbocycles. The molecule has 14 heteroatoms. The minimum atomic E-state index is -2.79. The van der Waals surface area contributed by atoms with Crippen molar-refractivity contribution < 1.29 is 27.6 Å². The molecule has 0 spiro atoms. The molecule has 450 valence electrons. The van der Waals surface area contributed by atoms with Crippen molar-refractivity contribution >= 4 is 66.8 Å². The minimum absolute atomic E-state index is 0.0915. The van der Waals surface area contributed by atoms with Crippen LogP contribution in [0.25, 0.3) is 0 Å². The highest BCUT2D eigenvalue weighted by Crippen LogP contribution is 2.28. The van der Waals surface area contributed by atoms with E-state index in [-0.39, 0.29) is 23.5 Å². The Morgan fingerprint density at radius 3 is 0.963 bits per heavy atom. The molecule has 0 saturated carbocycles. The Bertz CT molecular complexity index is 2740. The summed E-state index contributed by atoms with van der Waals surface area (Å²) in [6.45, 7) is 31.2. The number of aliphatic hydroxyl groups excluding tert-OH is 1. The number of sulfone groups is 1. The normalized spacial score (nSPS) is 18.0. The predicted molar refractivity (Wildman–Crippen MR) is 353 cm³/mol. The minimum Gasteiger partial charge on any atom is -0.481 e. The number of piperidine rings is 2. The zero-order valence-corrected chi connectivity index (χ0v) is 53.7. The van der Waals surface area contributed by atoms with Crippen LogP contribution in [0.1, 0.15) is 152 Å². The van der Waals surface area contributed by atoms with Crippen LogP contribution in [0.4, 0.5) is 28.4 Å². The number of carbonyl (C=O) groups is 1. The maximum atomic E-state index is 11.3. The first-order valence-electron chi connectivity index (χ1n) is 30.4. The number of anilines is 5. The average Bonchev–Trinajstić information content (AvgIpc) is 3.49. The lowest BCUT2D eigenvalue weighted by Gasteiger charge is -2.32. The summed E-state index contributed by atoms with van der Waals surface area (Å²) < 4.78 is 34.0. The van der Waals surface area contributed by atoms with Gasteiger partial charge in [0.1, 0.15) is 0 Å². The fourth-order valence-electron chi connectivity index (χ4n) is 10.5. The van der Waals surface area contributed by atoms with E-state index in [2.05, 4.69) is 227 Å². The molecule has 5 fully saturated rings. The molecule has 5 heterocycles. The van der Waals surface area contributed by atoms with Gasteiger partial charge in [0, 0.05) is 128 Å².